The van der Waals surface area contributed by atoms with Crippen molar-refractivity contribution >= 4 is 56.2 Å². The number of rotatable bonds is 3. The molecule has 0 saturated carbocycles. The molecule has 0 atom stereocenters. The molecule has 1 aliphatic rings. The van der Waals surface area contributed by atoms with Crippen LogP contribution in [0.3, 0.4) is 0 Å². The van der Waals surface area contributed by atoms with Gasteiger partial charge in [0.25, 0.3) is 5.91 Å². The Morgan fingerprint density at radius 3 is 2.56 bits per heavy atom. The SMILES string of the molecule is N#C/C(=C\c1ccc(I)cc1)C(=O)Nc1ccc2c(c1)S(=O)(=O)C=C2. The van der Waals surface area contributed by atoms with Gasteiger partial charge in [-0.3, -0.25) is 4.79 Å². The third-order valence-electron chi connectivity index (χ3n) is 3.55. The van der Waals surface area contributed by atoms with E-state index in [0.717, 1.165) is 14.5 Å². The summed E-state index contributed by atoms with van der Waals surface area (Å²) in [5, 5.41) is 12.9. The first kappa shape index (κ1) is 17.4. The molecular formula is C18H11IN2O3S. The highest BCUT2D eigenvalue weighted by Gasteiger charge is 2.21. The Morgan fingerprint density at radius 1 is 1.16 bits per heavy atom. The number of nitriles is 1. The molecule has 124 valence electrons. The highest BCUT2D eigenvalue weighted by atomic mass is 127. The molecule has 1 aliphatic heterocycles. The van der Waals surface area contributed by atoms with Gasteiger partial charge in [0, 0.05) is 14.7 Å². The molecule has 2 aromatic rings. The van der Waals surface area contributed by atoms with Crippen LogP contribution in [0.25, 0.3) is 12.2 Å². The Labute approximate surface area is 158 Å². The van der Waals surface area contributed by atoms with E-state index in [4.69, 9.17) is 0 Å². The fourth-order valence-corrected chi connectivity index (χ4v) is 3.89. The predicted molar refractivity (Wildman–Crippen MR) is 104 cm³/mol. The smallest absolute Gasteiger partial charge is 0.266 e. The molecule has 0 bridgehead atoms. The van der Waals surface area contributed by atoms with Crippen molar-refractivity contribution in [2.24, 2.45) is 0 Å². The number of halogens is 1. The number of anilines is 1. The fraction of sp³-hybridized carbons (Fsp3) is 0. The first-order valence-electron chi connectivity index (χ1n) is 7.15. The lowest BCUT2D eigenvalue weighted by atomic mass is 10.1. The number of hydrogen-bond acceptors (Lipinski definition) is 4. The van der Waals surface area contributed by atoms with Crippen LogP contribution in [0.2, 0.25) is 0 Å². The molecule has 0 unspecified atom stereocenters. The number of sulfone groups is 1. The van der Waals surface area contributed by atoms with Crippen molar-refractivity contribution in [2.75, 3.05) is 5.32 Å². The summed E-state index contributed by atoms with van der Waals surface area (Å²) in [6.07, 6.45) is 2.99. The zero-order valence-corrected chi connectivity index (χ0v) is 15.7. The molecule has 0 fully saturated rings. The number of carbonyl (C=O) groups is 1. The topological polar surface area (TPSA) is 87.0 Å². The molecule has 3 rings (SSSR count). The summed E-state index contributed by atoms with van der Waals surface area (Å²) in [5.41, 5.74) is 1.56. The van der Waals surface area contributed by atoms with Gasteiger partial charge in [0.05, 0.1) is 4.90 Å². The van der Waals surface area contributed by atoms with Gasteiger partial charge in [0.2, 0.25) is 9.84 Å². The summed E-state index contributed by atoms with van der Waals surface area (Å²) in [5.74, 6) is -0.593. The van der Waals surface area contributed by atoms with Gasteiger partial charge in [-0.05, 0) is 70.1 Å². The highest BCUT2D eigenvalue weighted by Crippen LogP contribution is 2.29. The standard InChI is InChI=1S/C18H11IN2O3S/c19-15-4-1-12(2-5-15)9-14(11-20)18(22)21-16-6-3-13-7-8-25(23,24)17(13)10-16/h1-10H,(H,21,22)/b14-9+. The van der Waals surface area contributed by atoms with Crippen molar-refractivity contribution in [2.45, 2.75) is 4.90 Å². The number of nitrogens with zero attached hydrogens (tertiary/aromatic N) is 1. The molecule has 0 spiro atoms. The van der Waals surface area contributed by atoms with E-state index >= 15 is 0 Å². The second-order valence-corrected chi connectivity index (χ2v) is 8.32. The second kappa shape index (κ2) is 6.82. The molecule has 0 radical (unpaired) electrons. The first-order chi connectivity index (χ1) is 11.9. The Hall–Kier alpha value is -2.44. The number of nitrogens with one attached hydrogen (secondary N) is 1. The van der Waals surface area contributed by atoms with Gasteiger partial charge >= 0.3 is 0 Å². The minimum absolute atomic E-state index is 0.0670. The van der Waals surface area contributed by atoms with E-state index < -0.39 is 15.7 Å². The van der Waals surface area contributed by atoms with E-state index in [0.29, 0.717) is 11.3 Å². The molecule has 1 amide bonds. The first-order valence-corrected chi connectivity index (χ1v) is 9.77. The van der Waals surface area contributed by atoms with Gasteiger partial charge < -0.3 is 5.32 Å². The largest absolute Gasteiger partial charge is 0.321 e. The quantitative estimate of drug-likeness (QED) is 0.429. The Balaban J connectivity index is 1.84. The lowest BCUT2D eigenvalue weighted by molar-refractivity contribution is -0.112. The van der Waals surface area contributed by atoms with Crippen LogP contribution in [-0.4, -0.2) is 14.3 Å². The maximum absolute atomic E-state index is 12.3. The summed E-state index contributed by atoms with van der Waals surface area (Å²) >= 11 is 2.17. The summed E-state index contributed by atoms with van der Waals surface area (Å²) < 4.78 is 24.8. The normalized spacial score (nSPS) is 14.6. The van der Waals surface area contributed by atoms with Gasteiger partial charge in [0.15, 0.2) is 0 Å². The number of benzene rings is 2. The lowest BCUT2D eigenvalue weighted by Gasteiger charge is -2.07. The third-order valence-corrected chi connectivity index (χ3v) is 5.73. The monoisotopic (exact) mass is 462 g/mol. The van der Waals surface area contributed by atoms with Gasteiger partial charge in [0.1, 0.15) is 11.6 Å². The van der Waals surface area contributed by atoms with Gasteiger partial charge in [-0.25, -0.2) is 8.42 Å². The number of hydrogen-bond donors (Lipinski definition) is 1. The van der Waals surface area contributed by atoms with Crippen LogP contribution in [0.15, 0.2) is 58.3 Å². The fourth-order valence-electron chi connectivity index (χ4n) is 2.31. The van der Waals surface area contributed by atoms with Crippen LogP contribution in [0.5, 0.6) is 0 Å². The van der Waals surface area contributed by atoms with Crippen molar-refractivity contribution in [3.8, 4) is 6.07 Å². The van der Waals surface area contributed by atoms with Gasteiger partial charge in [-0.2, -0.15) is 5.26 Å². The van der Waals surface area contributed by atoms with E-state index in [-0.39, 0.29) is 10.5 Å². The van der Waals surface area contributed by atoms with E-state index in [1.54, 1.807) is 24.3 Å². The van der Waals surface area contributed by atoms with Crippen LogP contribution in [0.1, 0.15) is 11.1 Å². The number of carbonyl (C=O) groups excluding carboxylic acids is 1. The summed E-state index contributed by atoms with van der Waals surface area (Å²) in [4.78, 5) is 12.5. The van der Waals surface area contributed by atoms with E-state index in [2.05, 4.69) is 27.9 Å². The molecular weight excluding hydrogens is 451 g/mol. The maximum atomic E-state index is 12.3. The summed E-state index contributed by atoms with van der Waals surface area (Å²) in [6, 6.07) is 13.8. The molecule has 2 aromatic carbocycles. The van der Waals surface area contributed by atoms with Crippen molar-refractivity contribution in [3.05, 3.63) is 68.1 Å². The third kappa shape index (κ3) is 3.81. The number of amides is 1. The van der Waals surface area contributed by atoms with Gasteiger partial charge in [-0.1, -0.05) is 18.2 Å². The second-order valence-electron chi connectivity index (χ2n) is 5.28. The van der Waals surface area contributed by atoms with Crippen molar-refractivity contribution in [1.82, 2.24) is 0 Å². The number of fused-ring (bicyclic) bond motifs is 1. The molecule has 0 saturated heterocycles. The van der Waals surface area contributed by atoms with Crippen LogP contribution in [0, 0.1) is 14.9 Å². The van der Waals surface area contributed by atoms with Crippen molar-refractivity contribution in [3.63, 3.8) is 0 Å². The Morgan fingerprint density at radius 2 is 1.88 bits per heavy atom. The van der Waals surface area contributed by atoms with E-state index in [1.165, 1.54) is 18.2 Å². The minimum Gasteiger partial charge on any atom is -0.321 e. The highest BCUT2D eigenvalue weighted by molar-refractivity contribution is 14.1. The summed E-state index contributed by atoms with van der Waals surface area (Å²) in [7, 11) is -3.45. The van der Waals surface area contributed by atoms with Crippen LogP contribution >= 0.6 is 22.6 Å². The molecule has 25 heavy (non-hydrogen) atoms. The Kier molecular flexibility index (Phi) is 4.74. The van der Waals surface area contributed by atoms with E-state index in [9.17, 15) is 18.5 Å². The average molecular weight is 462 g/mol. The summed E-state index contributed by atoms with van der Waals surface area (Å²) in [6.45, 7) is 0. The zero-order valence-electron chi connectivity index (χ0n) is 12.7. The van der Waals surface area contributed by atoms with Crippen molar-refractivity contribution in [1.29, 1.82) is 5.26 Å². The Bertz CT molecular complexity index is 1060. The van der Waals surface area contributed by atoms with Crippen molar-refractivity contribution < 1.29 is 13.2 Å². The van der Waals surface area contributed by atoms with E-state index in [1.807, 2.05) is 18.2 Å². The molecule has 1 N–H and O–H groups in total. The maximum Gasteiger partial charge on any atom is 0.266 e. The zero-order chi connectivity index (χ0) is 18.0. The molecule has 7 heteroatoms. The molecule has 1 heterocycles. The molecule has 0 aliphatic carbocycles. The van der Waals surface area contributed by atoms with Crippen LogP contribution in [0.4, 0.5) is 5.69 Å². The van der Waals surface area contributed by atoms with Gasteiger partial charge in [-0.15, -0.1) is 0 Å². The molecule has 5 nitrogen and oxygen atoms in total. The van der Waals surface area contributed by atoms with Crippen LogP contribution < -0.4 is 5.32 Å². The average Bonchev–Trinajstić information content (AvgIpc) is 2.89. The lowest BCUT2D eigenvalue weighted by Crippen LogP contribution is -2.13. The predicted octanol–water partition coefficient (Wildman–Crippen LogP) is 3.59. The van der Waals surface area contributed by atoms with Crippen LogP contribution in [-0.2, 0) is 14.6 Å². The minimum atomic E-state index is -3.45. The molecule has 0 aromatic heterocycles.